The van der Waals surface area contributed by atoms with Crippen LogP contribution < -0.4 is 0 Å². The van der Waals surface area contributed by atoms with Crippen molar-refractivity contribution in [3.63, 3.8) is 0 Å². The predicted octanol–water partition coefficient (Wildman–Crippen LogP) is 7.14. The zero-order valence-electron chi connectivity index (χ0n) is 14.5. The van der Waals surface area contributed by atoms with Crippen LogP contribution in [0.3, 0.4) is 0 Å². The van der Waals surface area contributed by atoms with Crippen LogP contribution in [0.5, 0.6) is 0 Å². The third-order valence-corrected chi connectivity index (χ3v) is 5.79. The van der Waals surface area contributed by atoms with Crippen molar-refractivity contribution < 1.29 is 13.2 Å². The highest BCUT2D eigenvalue weighted by molar-refractivity contribution is 5.70. The summed E-state index contributed by atoms with van der Waals surface area (Å²) in [4.78, 5) is 0. The molecular weight excluding hydrogens is 309 g/mol. The van der Waals surface area contributed by atoms with Gasteiger partial charge < -0.3 is 0 Å². The van der Waals surface area contributed by atoms with Crippen LogP contribution >= 0.6 is 0 Å². The maximum Gasteiger partial charge on any atom is 0.194 e. The average Bonchev–Trinajstić information content (AvgIpc) is 2.61. The summed E-state index contributed by atoms with van der Waals surface area (Å²) in [6, 6.07) is 1.24. The molecule has 0 radical (unpaired) electrons. The molecule has 0 nitrogen and oxygen atoms in total. The molecule has 0 spiro atoms. The van der Waals surface area contributed by atoms with E-state index in [1.54, 1.807) is 0 Å². The average molecular weight is 336 g/mol. The first-order valence-corrected chi connectivity index (χ1v) is 9.48. The van der Waals surface area contributed by atoms with Crippen LogP contribution in [0.1, 0.15) is 88.2 Å². The first-order chi connectivity index (χ1) is 11.6. The second-order valence-corrected chi connectivity index (χ2v) is 7.43. The van der Waals surface area contributed by atoms with Crippen molar-refractivity contribution in [3.8, 4) is 0 Å². The van der Waals surface area contributed by atoms with E-state index in [4.69, 9.17) is 0 Å². The smallest absolute Gasteiger partial charge is 0.194 e. The van der Waals surface area contributed by atoms with Crippen molar-refractivity contribution in [2.75, 3.05) is 0 Å². The molecule has 0 unspecified atom stereocenters. The van der Waals surface area contributed by atoms with Gasteiger partial charge in [-0.25, -0.2) is 13.2 Å². The quantitative estimate of drug-likeness (QED) is 0.513. The zero-order valence-corrected chi connectivity index (χ0v) is 14.5. The number of halogens is 3. The van der Waals surface area contributed by atoms with Crippen molar-refractivity contribution in [1.29, 1.82) is 0 Å². The summed E-state index contributed by atoms with van der Waals surface area (Å²) in [5.41, 5.74) is 2.08. The van der Waals surface area contributed by atoms with E-state index in [2.05, 4.69) is 13.0 Å². The van der Waals surface area contributed by atoms with Gasteiger partial charge in [0.05, 0.1) is 0 Å². The number of benzene rings is 1. The van der Waals surface area contributed by atoms with E-state index >= 15 is 0 Å². The Morgan fingerprint density at radius 1 is 1.00 bits per heavy atom. The van der Waals surface area contributed by atoms with E-state index in [0.29, 0.717) is 17.0 Å². The summed E-state index contributed by atoms with van der Waals surface area (Å²) in [5.74, 6) is -2.59. The lowest BCUT2D eigenvalue weighted by Crippen LogP contribution is -2.17. The monoisotopic (exact) mass is 336 g/mol. The van der Waals surface area contributed by atoms with Crippen molar-refractivity contribution in [2.24, 2.45) is 5.92 Å². The topological polar surface area (TPSA) is 0 Å². The molecular formula is C21H27F3. The Hall–Kier alpha value is -1.25. The lowest BCUT2D eigenvalue weighted by Gasteiger charge is -2.31. The minimum atomic E-state index is -1.30. The highest BCUT2D eigenvalue weighted by Crippen LogP contribution is 2.43. The summed E-state index contributed by atoms with van der Waals surface area (Å²) in [7, 11) is 0. The molecule has 0 aromatic heterocycles. The summed E-state index contributed by atoms with van der Waals surface area (Å²) in [6.07, 6.45) is 12.3. The van der Waals surface area contributed by atoms with Gasteiger partial charge in [-0.05, 0) is 80.4 Å². The Kier molecular flexibility index (Phi) is 5.68. The second-order valence-electron chi connectivity index (χ2n) is 7.43. The molecule has 132 valence electrons. The highest BCUT2D eigenvalue weighted by atomic mass is 19.2. The molecule has 0 aliphatic heterocycles. The number of hydrogen-bond donors (Lipinski definition) is 0. The molecule has 1 saturated carbocycles. The van der Waals surface area contributed by atoms with Crippen molar-refractivity contribution in [3.05, 3.63) is 40.7 Å². The molecule has 0 saturated heterocycles. The molecule has 0 bridgehead atoms. The summed E-state index contributed by atoms with van der Waals surface area (Å²) in [5, 5.41) is 0. The van der Waals surface area contributed by atoms with E-state index < -0.39 is 17.5 Å². The Morgan fingerprint density at radius 3 is 2.38 bits per heavy atom. The van der Waals surface area contributed by atoms with Crippen LogP contribution in [0.25, 0.3) is 5.57 Å². The number of allylic oxidation sites excluding steroid dienone is 2. The van der Waals surface area contributed by atoms with Crippen LogP contribution in [-0.4, -0.2) is 0 Å². The van der Waals surface area contributed by atoms with Gasteiger partial charge in [0.25, 0.3) is 0 Å². The Bertz CT molecular complexity index is 610. The summed E-state index contributed by atoms with van der Waals surface area (Å²) >= 11 is 0. The van der Waals surface area contributed by atoms with Gasteiger partial charge in [-0.2, -0.15) is 0 Å². The maximum absolute atomic E-state index is 14.7. The lowest BCUT2D eigenvalue weighted by atomic mass is 9.74. The van der Waals surface area contributed by atoms with E-state index in [1.165, 1.54) is 18.9 Å². The van der Waals surface area contributed by atoms with E-state index in [0.717, 1.165) is 56.9 Å². The minimum absolute atomic E-state index is 0.0195. The standard InChI is InChI=1S/C21H27F3/c1-2-6-14-9-11-16(12-10-14)19-17(15-7-4-3-5-8-15)13-18(22)20(23)21(19)24/h7,13-14,16H,2-6,8-12H2,1H3. The largest absolute Gasteiger partial charge is 0.204 e. The van der Waals surface area contributed by atoms with Gasteiger partial charge in [0.2, 0.25) is 0 Å². The van der Waals surface area contributed by atoms with Crippen molar-refractivity contribution in [2.45, 2.75) is 77.0 Å². The van der Waals surface area contributed by atoms with E-state index in [-0.39, 0.29) is 5.92 Å². The third kappa shape index (κ3) is 3.55. The molecule has 2 aliphatic carbocycles. The Balaban J connectivity index is 1.94. The zero-order chi connectivity index (χ0) is 17.1. The number of rotatable bonds is 4. The first kappa shape index (κ1) is 17.6. The number of hydrogen-bond acceptors (Lipinski definition) is 0. The van der Waals surface area contributed by atoms with Crippen LogP contribution in [0, 0.1) is 23.4 Å². The van der Waals surface area contributed by atoms with Crippen LogP contribution in [0.4, 0.5) is 13.2 Å². The summed E-state index contributed by atoms with van der Waals surface area (Å²) in [6.45, 7) is 2.19. The van der Waals surface area contributed by atoms with Gasteiger partial charge in [0, 0.05) is 5.56 Å². The fourth-order valence-corrected chi connectivity index (χ4v) is 4.50. The van der Waals surface area contributed by atoms with Gasteiger partial charge in [-0.15, -0.1) is 0 Å². The molecule has 1 aromatic rings. The minimum Gasteiger partial charge on any atom is -0.204 e. The molecule has 0 heterocycles. The molecule has 1 fully saturated rings. The molecule has 1 aromatic carbocycles. The van der Waals surface area contributed by atoms with Gasteiger partial charge in [0.1, 0.15) is 0 Å². The van der Waals surface area contributed by atoms with Crippen molar-refractivity contribution in [1.82, 2.24) is 0 Å². The summed E-state index contributed by atoms with van der Waals surface area (Å²) < 4.78 is 42.4. The predicted molar refractivity (Wildman–Crippen MR) is 92.4 cm³/mol. The van der Waals surface area contributed by atoms with Crippen LogP contribution in [0.15, 0.2) is 12.1 Å². The molecule has 0 atom stereocenters. The van der Waals surface area contributed by atoms with Gasteiger partial charge in [0.15, 0.2) is 17.5 Å². The highest BCUT2D eigenvalue weighted by Gasteiger charge is 2.30. The molecule has 2 aliphatic rings. The first-order valence-electron chi connectivity index (χ1n) is 9.48. The molecule has 3 rings (SSSR count). The Labute approximate surface area is 143 Å². The molecule has 24 heavy (non-hydrogen) atoms. The van der Waals surface area contributed by atoms with Gasteiger partial charge >= 0.3 is 0 Å². The van der Waals surface area contributed by atoms with Gasteiger partial charge in [-0.1, -0.05) is 25.8 Å². The molecule has 0 amide bonds. The van der Waals surface area contributed by atoms with Crippen LogP contribution in [-0.2, 0) is 0 Å². The molecule has 0 N–H and O–H groups in total. The fraction of sp³-hybridized carbons (Fsp3) is 0.619. The fourth-order valence-electron chi connectivity index (χ4n) is 4.50. The van der Waals surface area contributed by atoms with Crippen molar-refractivity contribution >= 4 is 5.57 Å². The van der Waals surface area contributed by atoms with Crippen LogP contribution in [0.2, 0.25) is 0 Å². The second kappa shape index (κ2) is 7.76. The SMILES string of the molecule is CCCC1CCC(c2c(C3=CCCCC3)cc(F)c(F)c2F)CC1. The Morgan fingerprint density at radius 2 is 1.75 bits per heavy atom. The van der Waals surface area contributed by atoms with E-state index in [1.807, 2.05) is 0 Å². The van der Waals surface area contributed by atoms with Gasteiger partial charge in [-0.3, -0.25) is 0 Å². The third-order valence-electron chi connectivity index (χ3n) is 5.79. The molecule has 3 heteroatoms. The maximum atomic E-state index is 14.7. The van der Waals surface area contributed by atoms with E-state index in [9.17, 15) is 13.2 Å². The normalized spacial score (nSPS) is 24.8. The lowest BCUT2D eigenvalue weighted by molar-refractivity contribution is 0.301.